The molecule has 2 aliphatic rings. The molecule has 0 spiro atoms. The lowest BCUT2D eigenvalue weighted by atomic mass is 9.61. The van der Waals surface area contributed by atoms with Crippen molar-refractivity contribution in [2.24, 2.45) is 23.7 Å². The number of allylic oxidation sites excluding steroid dienone is 3. The van der Waals surface area contributed by atoms with Crippen LogP contribution in [0, 0.1) is 23.7 Å². The van der Waals surface area contributed by atoms with Crippen molar-refractivity contribution in [2.45, 2.75) is 46.5 Å². The zero-order chi connectivity index (χ0) is 11.0. The summed E-state index contributed by atoms with van der Waals surface area (Å²) in [6, 6.07) is 0. The maximum Gasteiger partial charge on any atom is -0.0137 e. The molecule has 0 nitrogen and oxygen atoms in total. The molecule has 0 unspecified atom stereocenters. The van der Waals surface area contributed by atoms with Crippen LogP contribution in [0.15, 0.2) is 23.8 Å². The Morgan fingerprint density at radius 1 is 1.40 bits per heavy atom. The van der Waals surface area contributed by atoms with Crippen LogP contribution in [0.25, 0.3) is 0 Å². The van der Waals surface area contributed by atoms with Crippen LogP contribution >= 0.6 is 0 Å². The molecule has 0 saturated heterocycles. The SMILES string of the molecule is C=C1CC[C@H](C(C)C)[C@H]2CC(C)=CC[C@H]12. The van der Waals surface area contributed by atoms with E-state index in [9.17, 15) is 0 Å². The second-order valence-electron chi connectivity index (χ2n) is 5.87. The van der Waals surface area contributed by atoms with Gasteiger partial charge in [0.25, 0.3) is 0 Å². The van der Waals surface area contributed by atoms with Crippen molar-refractivity contribution in [1.29, 1.82) is 0 Å². The highest BCUT2D eigenvalue weighted by Gasteiger charge is 2.37. The van der Waals surface area contributed by atoms with E-state index in [0.717, 1.165) is 23.7 Å². The van der Waals surface area contributed by atoms with Gasteiger partial charge in [0.15, 0.2) is 0 Å². The predicted octanol–water partition coefficient (Wildman–Crippen LogP) is 4.58. The molecular formula is C15H24. The summed E-state index contributed by atoms with van der Waals surface area (Å²) >= 11 is 0. The van der Waals surface area contributed by atoms with Gasteiger partial charge in [0.2, 0.25) is 0 Å². The third-order valence-corrected chi connectivity index (χ3v) is 4.52. The van der Waals surface area contributed by atoms with E-state index in [1.807, 2.05) is 0 Å². The first-order valence-corrected chi connectivity index (χ1v) is 6.43. The van der Waals surface area contributed by atoms with E-state index in [-0.39, 0.29) is 0 Å². The van der Waals surface area contributed by atoms with Crippen molar-refractivity contribution in [2.75, 3.05) is 0 Å². The van der Waals surface area contributed by atoms with Crippen molar-refractivity contribution in [3.8, 4) is 0 Å². The van der Waals surface area contributed by atoms with Crippen LogP contribution in [0.1, 0.15) is 46.5 Å². The molecule has 0 aliphatic heterocycles. The quantitative estimate of drug-likeness (QED) is 0.548. The molecule has 84 valence electrons. The molecule has 0 aromatic carbocycles. The maximum absolute atomic E-state index is 4.29. The van der Waals surface area contributed by atoms with Crippen molar-refractivity contribution < 1.29 is 0 Å². The van der Waals surface area contributed by atoms with Gasteiger partial charge < -0.3 is 0 Å². The molecule has 0 aromatic rings. The standard InChI is InChI=1S/C15H24/c1-10(2)13-8-6-12(4)14-7-5-11(3)9-15(13)14/h5,10,13-15H,4,6-9H2,1-3H3/t13-,14-,15-/m1/s1. The van der Waals surface area contributed by atoms with Gasteiger partial charge in [-0.05, 0) is 56.3 Å². The fourth-order valence-electron chi connectivity index (χ4n) is 3.60. The van der Waals surface area contributed by atoms with Gasteiger partial charge in [-0.3, -0.25) is 0 Å². The lowest BCUT2D eigenvalue weighted by Crippen LogP contribution is -2.34. The summed E-state index contributed by atoms with van der Waals surface area (Å²) in [7, 11) is 0. The summed E-state index contributed by atoms with van der Waals surface area (Å²) in [6.45, 7) is 11.4. The van der Waals surface area contributed by atoms with Crippen LogP contribution in [0.3, 0.4) is 0 Å². The van der Waals surface area contributed by atoms with Crippen molar-refractivity contribution in [3.63, 3.8) is 0 Å². The van der Waals surface area contributed by atoms with E-state index >= 15 is 0 Å². The smallest absolute Gasteiger partial charge is 0.0137 e. The van der Waals surface area contributed by atoms with Crippen LogP contribution in [0.2, 0.25) is 0 Å². The fourth-order valence-corrected chi connectivity index (χ4v) is 3.60. The maximum atomic E-state index is 4.29. The number of rotatable bonds is 1. The van der Waals surface area contributed by atoms with Crippen LogP contribution in [-0.4, -0.2) is 0 Å². The Bertz CT molecular complexity index is 282. The Morgan fingerprint density at radius 2 is 2.13 bits per heavy atom. The molecule has 0 amide bonds. The van der Waals surface area contributed by atoms with E-state index in [2.05, 4.69) is 33.4 Å². The summed E-state index contributed by atoms with van der Waals surface area (Å²) in [4.78, 5) is 0. The van der Waals surface area contributed by atoms with Gasteiger partial charge >= 0.3 is 0 Å². The number of hydrogen-bond acceptors (Lipinski definition) is 0. The van der Waals surface area contributed by atoms with E-state index in [1.54, 1.807) is 5.57 Å². The van der Waals surface area contributed by atoms with Gasteiger partial charge in [0.05, 0.1) is 0 Å². The molecular weight excluding hydrogens is 180 g/mol. The van der Waals surface area contributed by atoms with Gasteiger partial charge in [0, 0.05) is 0 Å². The van der Waals surface area contributed by atoms with Crippen LogP contribution in [-0.2, 0) is 0 Å². The molecule has 0 heteroatoms. The van der Waals surface area contributed by atoms with E-state index in [0.29, 0.717) is 0 Å². The zero-order valence-corrected chi connectivity index (χ0v) is 10.4. The lowest BCUT2D eigenvalue weighted by Gasteiger charge is -2.44. The molecule has 0 bridgehead atoms. The molecule has 1 saturated carbocycles. The van der Waals surface area contributed by atoms with Crippen LogP contribution < -0.4 is 0 Å². The Labute approximate surface area is 94.5 Å². The fraction of sp³-hybridized carbons (Fsp3) is 0.733. The van der Waals surface area contributed by atoms with Crippen LogP contribution in [0.4, 0.5) is 0 Å². The number of hydrogen-bond donors (Lipinski definition) is 0. The first kappa shape index (κ1) is 11.0. The Morgan fingerprint density at radius 3 is 2.80 bits per heavy atom. The molecule has 0 aromatic heterocycles. The summed E-state index contributed by atoms with van der Waals surface area (Å²) in [5.74, 6) is 3.48. The van der Waals surface area contributed by atoms with Gasteiger partial charge in [0.1, 0.15) is 0 Å². The van der Waals surface area contributed by atoms with Crippen molar-refractivity contribution in [3.05, 3.63) is 23.8 Å². The van der Waals surface area contributed by atoms with Crippen LogP contribution in [0.5, 0.6) is 0 Å². The highest BCUT2D eigenvalue weighted by Crippen LogP contribution is 2.47. The molecule has 0 radical (unpaired) electrons. The Kier molecular flexibility index (Phi) is 3.04. The first-order chi connectivity index (χ1) is 7.09. The Balaban J connectivity index is 2.20. The van der Waals surface area contributed by atoms with Gasteiger partial charge in [-0.25, -0.2) is 0 Å². The topological polar surface area (TPSA) is 0 Å². The molecule has 3 atom stereocenters. The van der Waals surface area contributed by atoms with E-state index in [4.69, 9.17) is 0 Å². The lowest BCUT2D eigenvalue weighted by molar-refractivity contribution is 0.146. The molecule has 2 aliphatic carbocycles. The largest absolute Gasteiger partial charge is 0.0996 e. The summed E-state index contributed by atoms with van der Waals surface area (Å²) in [5, 5.41) is 0. The first-order valence-electron chi connectivity index (χ1n) is 6.43. The Hall–Kier alpha value is -0.520. The normalized spacial score (nSPS) is 36.4. The molecule has 15 heavy (non-hydrogen) atoms. The highest BCUT2D eigenvalue weighted by atomic mass is 14.4. The van der Waals surface area contributed by atoms with Crippen molar-refractivity contribution >= 4 is 0 Å². The molecule has 2 rings (SSSR count). The average molecular weight is 204 g/mol. The zero-order valence-electron chi connectivity index (χ0n) is 10.4. The van der Waals surface area contributed by atoms with Gasteiger partial charge in [-0.1, -0.05) is 37.6 Å². The average Bonchev–Trinajstić information content (AvgIpc) is 2.17. The minimum absolute atomic E-state index is 0.801. The second kappa shape index (κ2) is 4.15. The van der Waals surface area contributed by atoms with E-state index < -0.39 is 0 Å². The molecule has 0 N–H and O–H groups in total. The minimum atomic E-state index is 0.801. The summed E-state index contributed by atoms with van der Waals surface area (Å²) < 4.78 is 0. The third kappa shape index (κ3) is 2.04. The monoisotopic (exact) mass is 204 g/mol. The van der Waals surface area contributed by atoms with Gasteiger partial charge in [-0.2, -0.15) is 0 Å². The van der Waals surface area contributed by atoms with E-state index in [1.165, 1.54) is 31.3 Å². The summed E-state index contributed by atoms with van der Waals surface area (Å²) in [5.41, 5.74) is 3.14. The minimum Gasteiger partial charge on any atom is -0.0996 e. The predicted molar refractivity (Wildman–Crippen MR) is 66.7 cm³/mol. The molecule has 0 heterocycles. The van der Waals surface area contributed by atoms with Gasteiger partial charge in [-0.15, -0.1) is 0 Å². The number of fused-ring (bicyclic) bond motifs is 1. The van der Waals surface area contributed by atoms with Crippen molar-refractivity contribution in [1.82, 2.24) is 0 Å². The summed E-state index contributed by atoms with van der Waals surface area (Å²) in [6.07, 6.45) is 7.68. The molecule has 1 fully saturated rings. The third-order valence-electron chi connectivity index (χ3n) is 4.52. The second-order valence-corrected chi connectivity index (χ2v) is 5.87. The highest BCUT2D eigenvalue weighted by molar-refractivity contribution is 5.17.